The quantitative estimate of drug-likeness (QED) is 0.205. The number of carbonyl (C=O) groups is 6. The van der Waals surface area contributed by atoms with Crippen LogP contribution in [0.4, 0.5) is 0 Å². The van der Waals surface area contributed by atoms with Gasteiger partial charge in [-0.1, -0.05) is 0 Å². The smallest absolute Gasteiger partial charge is 0.315 e. The average Bonchev–Trinajstić information content (AvgIpc) is 2.80. The lowest BCUT2D eigenvalue weighted by Gasteiger charge is -2.22. The minimum atomic E-state index is -0.626. The van der Waals surface area contributed by atoms with Gasteiger partial charge in [-0.05, 0) is 0 Å². The number of allylic oxidation sites excluding steroid dienone is 4. The van der Waals surface area contributed by atoms with Gasteiger partial charge in [-0.15, -0.1) is 47.0 Å². The number of methoxy groups -OCH3 is 4. The van der Waals surface area contributed by atoms with Crippen LogP contribution >= 0.6 is 47.0 Å². The molecule has 0 heterocycles. The number of hydrogen-bond acceptors (Lipinski definition) is 14. The molecule has 176 valence electrons. The number of ether oxygens (including phenoxy) is 4. The van der Waals surface area contributed by atoms with Crippen molar-refractivity contribution in [2.24, 2.45) is 0 Å². The van der Waals surface area contributed by atoms with Crippen molar-refractivity contribution in [2.75, 3.05) is 51.5 Å². The summed E-state index contributed by atoms with van der Waals surface area (Å²) in [5, 5.41) is 0. The molecule has 0 radical (unpaired) electrons. The van der Waals surface area contributed by atoms with E-state index in [1.165, 1.54) is 28.4 Å². The lowest BCUT2D eigenvalue weighted by atomic mass is 10.1. The summed E-state index contributed by atoms with van der Waals surface area (Å²) in [5.41, 5.74) is 0. The summed E-state index contributed by atoms with van der Waals surface area (Å²) in [4.78, 5) is 72.6. The molecule has 0 aromatic carbocycles. The normalized spacial score (nSPS) is 13.8. The lowest BCUT2D eigenvalue weighted by Crippen LogP contribution is -2.23. The maximum Gasteiger partial charge on any atom is 0.315 e. The van der Waals surface area contributed by atoms with Gasteiger partial charge in [0.15, 0.2) is 0 Å². The zero-order valence-electron chi connectivity index (χ0n) is 17.5. The predicted octanol–water partition coefficient (Wildman–Crippen LogP) is 1.19. The first-order chi connectivity index (χ1) is 15.2. The zero-order chi connectivity index (χ0) is 24.3. The first kappa shape index (κ1) is 28.1. The van der Waals surface area contributed by atoms with Gasteiger partial charge >= 0.3 is 23.9 Å². The maximum absolute atomic E-state index is 13.2. The molecule has 0 N–H and O–H groups in total. The van der Waals surface area contributed by atoms with Crippen molar-refractivity contribution in [3.05, 3.63) is 19.6 Å². The van der Waals surface area contributed by atoms with Gasteiger partial charge in [0.2, 0.25) is 11.6 Å². The summed E-state index contributed by atoms with van der Waals surface area (Å²) in [6.07, 6.45) is 0. The molecule has 1 rings (SSSR count). The van der Waals surface area contributed by atoms with Gasteiger partial charge in [-0.3, -0.25) is 28.8 Å². The molecule has 14 heteroatoms. The summed E-state index contributed by atoms with van der Waals surface area (Å²) >= 11 is 3.12. The Morgan fingerprint density at radius 2 is 0.688 bits per heavy atom. The van der Waals surface area contributed by atoms with E-state index in [9.17, 15) is 28.8 Å². The van der Waals surface area contributed by atoms with Crippen LogP contribution in [-0.4, -0.2) is 86.9 Å². The van der Waals surface area contributed by atoms with Crippen molar-refractivity contribution in [1.82, 2.24) is 0 Å². The molecule has 0 aliphatic heterocycles. The van der Waals surface area contributed by atoms with Crippen molar-refractivity contribution >= 4 is 82.5 Å². The molecular weight excluding hydrogens is 504 g/mol. The van der Waals surface area contributed by atoms with Crippen LogP contribution in [0.3, 0.4) is 0 Å². The molecule has 10 nitrogen and oxygen atoms in total. The molecule has 1 aliphatic rings. The highest BCUT2D eigenvalue weighted by Crippen LogP contribution is 2.44. The van der Waals surface area contributed by atoms with Gasteiger partial charge in [-0.2, -0.15) is 0 Å². The van der Waals surface area contributed by atoms with Crippen LogP contribution in [0, 0.1) is 0 Å². The second-order valence-corrected chi connectivity index (χ2v) is 9.38. The Bertz CT molecular complexity index is 728. The van der Waals surface area contributed by atoms with Crippen molar-refractivity contribution < 1.29 is 47.7 Å². The number of Topliss-reactive ketones (excluding diaryl/α,β-unsaturated/α-hetero) is 2. The standard InChI is InChI=1S/C18H20O10S4/c1-25-9(19)5-29-15-13(23)17(31-7-11(21)27-3)18(32-8-12(22)28-4)14(24)16(15)30-6-10(20)26-2/h5-8H2,1-4H3. The Kier molecular flexibility index (Phi) is 12.6. The minimum Gasteiger partial charge on any atom is -0.468 e. The fourth-order valence-electron chi connectivity index (χ4n) is 1.90. The highest BCUT2D eigenvalue weighted by Gasteiger charge is 2.37. The SMILES string of the molecule is COC(=O)CSC1=C(SCC(=O)OC)C(=O)C(SCC(=O)OC)=C(SCC(=O)OC)C1=O. The molecule has 0 aromatic rings. The van der Waals surface area contributed by atoms with Crippen LogP contribution < -0.4 is 0 Å². The molecule has 0 amide bonds. The number of esters is 4. The molecule has 0 saturated carbocycles. The molecule has 0 atom stereocenters. The fourth-order valence-corrected chi connectivity index (χ4v) is 6.09. The number of carbonyl (C=O) groups excluding carboxylic acids is 6. The Morgan fingerprint density at radius 1 is 0.500 bits per heavy atom. The van der Waals surface area contributed by atoms with E-state index < -0.39 is 35.4 Å². The van der Waals surface area contributed by atoms with E-state index in [-0.39, 0.29) is 42.6 Å². The molecule has 0 spiro atoms. The number of ketones is 2. The van der Waals surface area contributed by atoms with Crippen molar-refractivity contribution in [3.63, 3.8) is 0 Å². The van der Waals surface area contributed by atoms with E-state index in [2.05, 4.69) is 18.9 Å². The van der Waals surface area contributed by atoms with Gasteiger partial charge in [0, 0.05) is 0 Å². The first-order valence-corrected chi connectivity index (χ1v) is 12.5. The largest absolute Gasteiger partial charge is 0.468 e. The van der Waals surface area contributed by atoms with E-state index in [0.29, 0.717) is 0 Å². The van der Waals surface area contributed by atoms with Crippen LogP contribution in [0.5, 0.6) is 0 Å². The summed E-state index contributed by atoms with van der Waals surface area (Å²) in [6.45, 7) is 0. The number of thioether (sulfide) groups is 4. The first-order valence-electron chi connectivity index (χ1n) is 8.56. The van der Waals surface area contributed by atoms with Gasteiger partial charge < -0.3 is 18.9 Å². The van der Waals surface area contributed by atoms with E-state index >= 15 is 0 Å². The van der Waals surface area contributed by atoms with E-state index in [1.807, 2.05) is 0 Å². The van der Waals surface area contributed by atoms with E-state index in [1.54, 1.807) is 0 Å². The topological polar surface area (TPSA) is 139 Å². The Balaban J connectivity index is 3.38. The molecule has 0 aromatic heterocycles. The second kappa shape index (κ2) is 14.3. The van der Waals surface area contributed by atoms with Crippen molar-refractivity contribution in [3.8, 4) is 0 Å². The Hall–Kier alpha value is -1.90. The summed E-state index contributed by atoms with van der Waals surface area (Å²) in [6, 6.07) is 0. The number of rotatable bonds is 12. The molecule has 0 saturated heterocycles. The van der Waals surface area contributed by atoms with Crippen LogP contribution in [-0.2, 0) is 47.7 Å². The van der Waals surface area contributed by atoms with Gasteiger partial charge in [-0.25, -0.2) is 0 Å². The summed E-state index contributed by atoms with van der Waals surface area (Å²) in [5.74, 6) is -4.77. The molecule has 1 aliphatic carbocycles. The third-order valence-electron chi connectivity index (χ3n) is 3.49. The highest BCUT2D eigenvalue weighted by molar-refractivity contribution is 8.11. The van der Waals surface area contributed by atoms with Crippen LogP contribution in [0.1, 0.15) is 0 Å². The molecule has 0 fully saturated rings. The van der Waals surface area contributed by atoms with Gasteiger partial charge in [0.1, 0.15) is 0 Å². The lowest BCUT2D eigenvalue weighted by molar-refractivity contribution is -0.138. The molecule has 32 heavy (non-hydrogen) atoms. The Labute approximate surface area is 200 Å². The molecule has 0 bridgehead atoms. The zero-order valence-corrected chi connectivity index (χ0v) is 20.8. The maximum atomic E-state index is 13.2. The van der Waals surface area contributed by atoms with Crippen molar-refractivity contribution in [2.45, 2.75) is 0 Å². The van der Waals surface area contributed by atoms with Crippen LogP contribution in [0.2, 0.25) is 0 Å². The van der Waals surface area contributed by atoms with Gasteiger partial charge in [0.05, 0.1) is 71.1 Å². The second-order valence-electron chi connectivity index (χ2n) is 5.43. The predicted molar refractivity (Wildman–Crippen MR) is 122 cm³/mol. The van der Waals surface area contributed by atoms with Crippen LogP contribution in [0.25, 0.3) is 0 Å². The molecule has 0 unspecified atom stereocenters. The van der Waals surface area contributed by atoms with Gasteiger partial charge in [0.25, 0.3) is 0 Å². The molecular formula is C18H20O10S4. The van der Waals surface area contributed by atoms with E-state index in [4.69, 9.17) is 0 Å². The number of hydrogen-bond donors (Lipinski definition) is 0. The highest BCUT2D eigenvalue weighted by atomic mass is 32.2. The summed E-state index contributed by atoms with van der Waals surface area (Å²) in [7, 11) is 4.71. The summed E-state index contributed by atoms with van der Waals surface area (Å²) < 4.78 is 18.3. The monoisotopic (exact) mass is 524 g/mol. The third-order valence-corrected chi connectivity index (χ3v) is 7.98. The minimum absolute atomic E-state index is 0.0657. The van der Waals surface area contributed by atoms with E-state index in [0.717, 1.165) is 47.0 Å². The average molecular weight is 525 g/mol. The van der Waals surface area contributed by atoms with Crippen LogP contribution in [0.15, 0.2) is 19.6 Å². The van der Waals surface area contributed by atoms with Crippen molar-refractivity contribution in [1.29, 1.82) is 0 Å². The third kappa shape index (κ3) is 8.22. The fraction of sp³-hybridized carbons (Fsp3) is 0.444. The Morgan fingerprint density at radius 3 is 0.844 bits per heavy atom.